The Morgan fingerprint density at radius 2 is 2.05 bits per heavy atom. The molecule has 0 atom stereocenters. The molecule has 2 N–H and O–H groups in total. The number of nitrogens with zero attached hydrogens (tertiary/aromatic N) is 3. The first-order chi connectivity index (χ1) is 9.26. The maximum atomic E-state index is 6.13. The highest BCUT2D eigenvalue weighted by Gasteiger charge is 2.22. The van der Waals surface area contributed by atoms with E-state index in [2.05, 4.69) is 28.7 Å². The second kappa shape index (κ2) is 6.59. The zero-order valence-corrected chi connectivity index (χ0v) is 11.9. The van der Waals surface area contributed by atoms with E-state index in [-0.39, 0.29) is 0 Å². The lowest BCUT2D eigenvalue weighted by Crippen LogP contribution is -2.34. The van der Waals surface area contributed by atoms with Crippen molar-refractivity contribution < 1.29 is 4.74 Å². The fraction of sp³-hybridized carbons (Fsp3) is 0.714. The summed E-state index contributed by atoms with van der Waals surface area (Å²) in [6.07, 6.45) is 6.18. The number of aromatic nitrogens is 2. The lowest BCUT2D eigenvalue weighted by molar-refractivity contribution is 0.306. The number of anilines is 2. The molecule has 0 aromatic carbocycles. The van der Waals surface area contributed by atoms with Crippen LogP contribution in [0, 0.1) is 5.92 Å². The van der Waals surface area contributed by atoms with Gasteiger partial charge in [-0.25, -0.2) is 4.98 Å². The van der Waals surface area contributed by atoms with E-state index < -0.39 is 0 Å². The van der Waals surface area contributed by atoms with Crippen molar-refractivity contribution in [1.29, 1.82) is 0 Å². The zero-order valence-electron chi connectivity index (χ0n) is 11.9. The molecule has 2 rings (SSSR count). The number of nitrogen functional groups attached to an aromatic ring is 1. The van der Waals surface area contributed by atoms with Crippen LogP contribution in [-0.2, 0) is 0 Å². The fourth-order valence-corrected chi connectivity index (χ4v) is 2.49. The van der Waals surface area contributed by atoms with Crippen LogP contribution in [0.15, 0.2) is 6.33 Å². The normalized spacial score (nSPS) is 16.6. The maximum Gasteiger partial charge on any atom is 0.242 e. The molecule has 0 spiro atoms. The summed E-state index contributed by atoms with van der Waals surface area (Å²) in [5.41, 5.74) is 6.71. The topological polar surface area (TPSA) is 64.3 Å². The van der Waals surface area contributed by atoms with Crippen LogP contribution in [0.3, 0.4) is 0 Å². The molecule has 0 radical (unpaired) electrons. The number of hydrogen-bond donors (Lipinski definition) is 1. The van der Waals surface area contributed by atoms with Gasteiger partial charge in [-0.1, -0.05) is 20.3 Å². The molecular weight excluding hydrogens is 240 g/mol. The summed E-state index contributed by atoms with van der Waals surface area (Å²) in [6.45, 7) is 7.00. The van der Waals surface area contributed by atoms with Gasteiger partial charge in [-0.15, -0.1) is 0 Å². The number of hydrogen-bond acceptors (Lipinski definition) is 5. The summed E-state index contributed by atoms with van der Waals surface area (Å²) in [5, 5.41) is 0. The van der Waals surface area contributed by atoms with E-state index >= 15 is 0 Å². The van der Waals surface area contributed by atoms with Gasteiger partial charge in [-0.2, -0.15) is 4.98 Å². The lowest BCUT2D eigenvalue weighted by atomic mass is 9.94. The Kier molecular flexibility index (Phi) is 4.82. The highest BCUT2D eigenvalue weighted by Crippen LogP contribution is 2.31. The quantitative estimate of drug-likeness (QED) is 0.885. The number of ether oxygens (including phenoxy) is 1. The van der Waals surface area contributed by atoms with Crippen LogP contribution in [0.25, 0.3) is 0 Å². The third-order valence-corrected chi connectivity index (χ3v) is 3.76. The van der Waals surface area contributed by atoms with Crippen LogP contribution < -0.4 is 15.4 Å². The molecule has 106 valence electrons. The Morgan fingerprint density at radius 1 is 1.32 bits per heavy atom. The summed E-state index contributed by atoms with van der Waals surface area (Å²) in [6, 6.07) is 0. The van der Waals surface area contributed by atoms with Crippen LogP contribution >= 0.6 is 0 Å². The fourth-order valence-electron chi connectivity index (χ4n) is 2.49. The standard InChI is InChI=1S/C14H24N4O/c1-3-9-19-14-12(15)13(16-10-17-14)18-7-5-11(4-2)6-8-18/h10-11H,3-9,15H2,1-2H3. The molecule has 1 aromatic rings. The van der Waals surface area contributed by atoms with Gasteiger partial charge in [0.25, 0.3) is 0 Å². The molecule has 1 aromatic heterocycles. The van der Waals surface area contributed by atoms with Gasteiger partial charge >= 0.3 is 0 Å². The first kappa shape index (κ1) is 13.9. The highest BCUT2D eigenvalue weighted by molar-refractivity contribution is 5.67. The molecule has 1 saturated heterocycles. The van der Waals surface area contributed by atoms with Crippen molar-refractivity contribution in [3.8, 4) is 5.88 Å². The van der Waals surface area contributed by atoms with Crippen molar-refractivity contribution in [3.05, 3.63) is 6.33 Å². The highest BCUT2D eigenvalue weighted by atomic mass is 16.5. The van der Waals surface area contributed by atoms with Crippen molar-refractivity contribution in [2.24, 2.45) is 5.92 Å². The van der Waals surface area contributed by atoms with E-state index in [1.807, 2.05) is 0 Å². The molecule has 0 amide bonds. The third-order valence-electron chi connectivity index (χ3n) is 3.76. The lowest BCUT2D eigenvalue weighted by Gasteiger charge is -2.33. The van der Waals surface area contributed by atoms with Crippen LogP contribution in [0.2, 0.25) is 0 Å². The Morgan fingerprint density at radius 3 is 2.68 bits per heavy atom. The van der Waals surface area contributed by atoms with Gasteiger partial charge in [0.05, 0.1) is 6.61 Å². The van der Waals surface area contributed by atoms with Crippen molar-refractivity contribution in [1.82, 2.24) is 9.97 Å². The SMILES string of the molecule is CCCOc1ncnc(N2CCC(CC)CC2)c1N. The zero-order chi connectivity index (χ0) is 13.7. The Labute approximate surface area is 115 Å². The van der Waals surface area contributed by atoms with E-state index in [0.717, 1.165) is 31.2 Å². The van der Waals surface area contributed by atoms with E-state index in [1.165, 1.54) is 19.3 Å². The summed E-state index contributed by atoms with van der Waals surface area (Å²) in [7, 11) is 0. The van der Waals surface area contributed by atoms with Crippen molar-refractivity contribution in [2.75, 3.05) is 30.3 Å². The van der Waals surface area contributed by atoms with Gasteiger partial charge in [0.2, 0.25) is 5.88 Å². The van der Waals surface area contributed by atoms with Gasteiger partial charge in [0.15, 0.2) is 5.82 Å². The van der Waals surface area contributed by atoms with Crippen molar-refractivity contribution in [3.63, 3.8) is 0 Å². The molecule has 5 heteroatoms. The van der Waals surface area contributed by atoms with E-state index in [0.29, 0.717) is 18.2 Å². The number of piperidine rings is 1. The molecule has 19 heavy (non-hydrogen) atoms. The molecule has 0 aliphatic carbocycles. The molecule has 0 unspecified atom stereocenters. The number of rotatable bonds is 5. The van der Waals surface area contributed by atoms with Crippen LogP contribution in [0.5, 0.6) is 5.88 Å². The van der Waals surface area contributed by atoms with Crippen LogP contribution in [0.1, 0.15) is 39.5 Å². The Bertz CT molecular complexity index is 402. The van der Waals surface area contributed by atoms with E-state index in [1.54, 1.807) is 6.33 Å². The largest absolute Gasteiger partial charge is 0.476 e. The maximum absolute atomic E-state index is 6.13. The Balaban J connectivity index is 2.08. The molecule has 5 nitrogen and oxygen atoms in total. The predicted molar refractivity (Wildman–Crippen MR) is 77.5 cm³/mol. The first-order valence-electron chi connectivity index (χ1n) is 7.24. The summed E-state index contributed by atoms with van der Waals surface area (Å²) in [4.78, 5) is 10.7. The summed E-state index contributed by atoms with van der Waals surface area (Å²) < 4.78 is 5.56. The second-order valence-electron chi connectivity index (χ2n) is 5.10. The Hall–Kier alpha value is -1.52. The van der Waals surface area contributed by atoms with E-state index in [9.17, 15) is 0 Å². The second-order valence-corrected chi connectivity index (χ2v) is 5.10. The summed E-state index contributed by atoms with van der Waals surface area (Å²) in [5.74, 6) is 2.19. The predicted octanol–water partition coefficient (Wildman–Crippen LogP) is 2.47. The molecule has 0 saturated carbocycles. The van der Waals surface area contributed by atoms with Crippen LogP contribution in [-0.4, -0.2) is 29.7 Å². The minimum Gasteiger partial charge on any atom is -0.476 e. The smallest absolute Gasteiger partial charge is 0.242 e. The van der Waals surface area contributed by atoms with Crippen LogP contribution in [0.4, 0.5) is 11.5 Å². The minimum absolute atomic E-state index is 0.518. The molecule has 1 aliphatic rings. The molecule has 1 aliphatic heterocycles. The summed E-state index contributed by atoms with van der Waals surface area (Å²) >= 11 is 0. The average molecular weight is 264 g/mol. The molecule has 0 bridgehead atoms. The molecular formula is C14H24N4O. The van der Waals surface area contributed by atoms with E-state index in [4.69, 9.17) is 10.5 Å². The van der Waals surface area contributed by atoms with Gasteiger partial charge < -0.3 is 15.4 Å². The first-order valence-corrected chi connectivity index (χ1v) is 7.24. The average Bonchev–Trinajstić information content (AvgIpc) is 2.46. The van der Waals surface area contributed by atoms with Crippen molar-refractivity contribution >= 4 is 11.5 Å². The molecule has 2 heterocycles. The monoisotopic (exact) mass is 264 g/mol. The van der Waals surface area contributed by atoms with Gasteiger partial charge in [-0.05, 0) is 25.2 Å². The van der Waals surface area contributed by atoms with Gasteiger partial charge in [-0.3, -0.25) is 0 Å². The van der Waals surface area contributed by atoms with Gasteiger partial charge in [0.1, 0.15) is 12.0 Å². The minimum atomic E-state index is 0.518. The molecule has 1 fully saturated rings. The van der Waals surface area contributed by atoms with Gasteiger partial charge in [0, 0.05) is 13.1 Å². The van der Waals surface area contributed by atoms with Crippen molar-refractivity contribution in [2.45, 2.75) is 39.5 Å². The number of nitrogens with two attached hydrogens (primary N) is 1. The third kappa shape index (κ3) is 3.28.